The Balaban J connectivity index is 2.03. The molecule has 0 bridgehead atoms. The molecule has 0 aliphatic carbocycles. The Kier molecular flexibility index (Phi) is 3.06. The van der Waals surface area contributed by atoms with E-state index in [1.807, 2.05) is 11.8 Å². The number of hydrogen-bond donors (Lipinski definition) is 1. The van der Waals surface area contributed by atoms with Crippen molar-refractivity contribution < 1.29 is 9.50 Å². The zero-order valence-corrected chi connectivity index (χ0v) is 10.8. The number of rotatable bonds is 1. The zero-order valence-electron chi connectivity index (χ0n) is 10.8. The minimum absolute atomic E-state index is 0.293. The number of nitrogens with zero attached hydrogens (tertiary/aromatic N) is 3. The standard InChI is InChI=1S/C14H16FN3O/c1-9-4-5-18(7-13(9)19)14-11-6-10(15)2-3-12(11)16-8-17-14/h2-3,6,8-9,13,19H,4-5,7H2,1H3. The number of halogens is 1. The van der Waals surface area contributed by atoms with Crippen molar-refractivity contribution in [2.75, 3.05) is 18.0 Å². The van der Waals surface area contributed by atoms with Crippen LogP contribution in [0.2, 0.25) is 0 Å². The summed E-state index contributed by atoms with van der Waals surface area (Å²) in [6.07, 6.45) is 2.02. The first-order valence-corrected chi connectivity index (χ1v) is 6.48. The SMILES string of the molecule is CC1CCN(c2ncnc3ccc(F)cc23)CC1O. The van der Waals surface area contributed by atoms with E-state index in [0.29, 0.717) is 23.7 Å². The molecule has 1 saturated heterocycles. The summed E-state index contributed by atoms with van der Waals surface area (Å²) < 4.78 is 13.4. The van der Waals surface area contributed by atoms with E-state index in [1.165, 1.54) is 18.5 Å². The summed E-state index contributed by atoms with van der Waals surface area (Å²) in [7, 11) is 0. The predicted octanol–water partition coefficient (Wildman–Crippen LogP) is 1.98. The summed E-state index contributed by atoms with van der Waals surface area (Å²) in [6.45, 7) is 3.39. The maximum atomic E-state index is 13.4. The molecule has 3 rings (SSSR count). The molecule has 2 unspecified atom stereocenters. The molecule has 0 amide bonds. The number of piperidine rings is 1. The Morgan fingerprint density at radius 2 is 2.21 bits per heavy atom. The molecule has 1 aliphatic heterocycles. The first kappa shape index (κ1) is 12.3. The van der Waals surface area contributed by atoms with Gasteiger partial charge in [0.15, 0.2) is 0 Å². The highest BCUT2D eigenvalue weighted by Crippen LogP contribution is 2.27. The molecular formula is C14H16FN3O. The van der Waals surface area contributed by atoms with Crippen LogP contribution in [-0.4, -0.2) is 34.3 Å². The van der Waals surface area contributed by atoms with Gasteiger partial charge in [-0.05, 0) is 30.5 Å². The lowest BCUT2D eigenvalue weighted by Crippen LogP contribution is -2.43. The van der Waals surface area contributed by atoms with Crippen LogP contribution in [0.5, 0.6) is 0 Å². The Morgan fingerprint density at radius 1 is 1.37 bits per heavy atom. The van der Waals surface area contributed by atoms with Crippen molar-refractivity contribution in [3.8, 4) is 0 Å². The van der Waals surface area contributed by atoms with E-state index in [-0.39, 0.29) is 11.9 Å². The van der Waals surface area contributed by atoms with Crippen LogP contribution in [0.1, 0.15) is 13.3 Å². The summed E-state index contributed by atoms with van der Waals surface area (Å²) in [5.41, 5.74) is 0.722. The Bertz CT molecular complexity index is 604. The van der Waals surface area contributed by atoms with E-state index >= 15 is 0 Å². The fraction of sp³-hybridized carbons (Fsp3) is 0.429. The number of anilines is 1. The lowest BCUT2D eigenvalue weighted by Gasteiger charge is -2.35. The van der Waals surface area contributed by atoms with Crippen molar-refractivity contribution in [1.82, 2.24) is 9.97 Å². The van der Waals surface area contributed by atoms with Gasteiger partial charge in [0.25, 0.3) is 0 Å². The van der Waals surface area contributed by atoms with Crippen molar-refractivity contribution in [1.29, 1.82) is 0 Å². The fourth-order valence-electron chi connectivity index (χ4n) is 2.51. The molecule has 0 radical (unpaired) electrons. The lowest BCUT2D eigenvalue weighted by molar-refractivity contribution is 0.103. The van der Waals surface area contributed by atoms with Gasteiger partial charge in [-0.1, -0.05) is 6.92 Å². The van der Waals surface area contributed by atoms with Crippen LogP contribution in [-0.2, 0) is 0 Å². The van der Waals surface area contributed by atoms with Crippen molar-refractivity contribution in [2.45, 2.75) is 19.4 Å². The Morgan fingerprint density at radius 3 is 3.00 bits per heavy atom. The monoisotopic (exact) mass is 261 g/mol. The van der Waals surface area contributed by atoms with E-state index in [1.54, 1.807) is 6.07 Å². The molecule has 1 aliphatic rings. The van der Waals surface area contributed by atoms with Gasteiger partial charge < -0.3 is 10.0 Å². The van der Waals surface area contributed by atoms with Gasteiger partial charge in [0.05, 0.1) is 11.6 Å². The summed E-state index contributed by atoms with van der Waals surface area (Å²) >= 11 is 0. The molecule has 2 atom stereocenters. The van der Waals surface area contributed by atoms with Crippen LogP contribution < -0.4 is 4.90 Å². The van der Waals surface area contributed by atoms with Gasteiger partial charge >= 0.3 is 0 Å². The molecule has 0 spiro atoms. The van der Waals surface area contributed by atoms with Crippen LogP contribution in [0.15, 0.2) is 24.5 Å². The maximum absolute atomic E-state index is 13.4. The summed E-state index contributed by atoms with van der Waals surface area (Å²) in [5.74, 6) is 0.700. The minimum atomic E-state index is -0.368. The van der Waals surface area contributed by atoms with Crippen molar-refractivity contribution >= 4 is 16.7 Å². The van der Waals surface area contributed by atoms with Crippen LogP contribution in [0.3, 0.4) is 0 Å². The first-order chi connectivity index (χ1) is 9.15. The smallest absolute Gasteiger partial charge is 0.140 e. The van der Waals surface area contributed by atoms with Gasteiger partial charge in [-0.3, -0.25) is 0 Å². The molecule has 2 aromatic rings. The van der Waals surface area contributed by atoms with Gasteiger partial charge in [0.2, 0.25) is 0 Å². The van der Waals surface area contributed by atoms with Crippen LogP contribution >= 0.6 is 0 Å². The predicted molar refractivity (Wildman–Crippen MR) is 71.5 cm³/mol. The number of benzene rings is 1. The van der Waals surface area contributed by atoms with Crippen LogP contribution in [0.4, 0.5) is 10.2 Å². The van der Waals surface area contributed by atoms with Crippen LogP contribution in [0.25, 0.3) is 10.9 Å². The Labute approximate surface area is 110 Å². The largest absolute Gasteiger partial charge is 0.391 e. The highest BCUT2D eigenvalue weighted by atomic mass is 19.1. The van der Waals surface area contributed by atoms with Crippen LogP contribution in [0, 0.1) is 11.7 Å². The number of hydrogen-bond acceptors (Lipinski definition) is 4. The molecule has 2 heterocycles. The third-order valence-corrected chi connectivity index (χ3v) is 3.79. The van der Waals surface area contributed by atoms with Gasteiger partial charge in [0, 0.05) is 18.5 Å². The quantitative estimate of drug-likeness (QED) is 0.852. The van der Waals surface area contributed by atoms with Crippen molar-refractivity contribution in [2.24, 2.45) is 5.92 Å². The molecule has 5 heteroatoms. The normalized spacial score (nSPS) is 23.8. The van der Waals surface area contributed by atoms with E-state index in [0.717, 1.165) is 18.5 Å². The van der Waals surface area contributed by atoms with Crippen molar-refractivity contribution in [3.63, 3.8) is 0 Å². The first-order valence-electron chi connectivity index (χ1n) is 6.48. The summed E-state index contributed by atoms with van der Waals surface area (Å²) in [6, 6.07) is 4.50. The molecule has 4 nitrogen and oxygen atoms in total. The second-order valence-electron chi connectivity index (χ2n) is 5.14. The number of β-amino-alcohol motifs (C(OH)–C–C–N with tert-alkyl or cyclic N) is 1. The topological polar surface area (TPSA) is 49.2 Å². The van der Waals surface area contributed by atoms with E-state index in [4.69, 9.17) is 0 Å². The fourth-order valence-corrected chi connectivity index (χ4v) is 2.51. The summed E-state index contributed by atoms with van der Waals surface area (Å²) in [5, 5.41) is 10.7. The third-order valence-electron chi connectivity index (χ3n) is 3.79. The number of fused-ring (bicyclic) bond motifs is 1. The van der Waals surface area contributed by atoms with Gasteiger partial charge in [-0.2, -0.15) is 0 Å². The van der Waals surface area contributed by atoms with E-state index in [9.17, 15) is 9.50 Å². The third kappa shape index (κ3) is 2.26. The molecule has 100 valence electrons. The highest BCUT2D eigenvalue weighted by molar-refractivity contribution is 5.89. The molecule has 0 saturated carbocycles. The van der Waals surface area contributed by atoms with Gasteiger partial charge in [-0.25, -0.2) is 14.4 Å². The number of aliphatic hydroxyl groups is 1. The lowest BCUT2D eigenvalue weighted by atomic mass is 9.96. The molecular weight excluding hydrogens is 245 g/mol. The summed E-state index contributed by atoms with van der Waals surface area (Å²) in [4.78, 5) is 10.4. The molecule has 19 heavy (non-hydrogen) atoms. The minimum Gasteiger partial charge on any atom is -0.391 e. The number of aliphatic hydroxyl groups excluding tert-OH is 1. The highest BCUT2D eigenvalue weighted by Gasteiger charge is 2.26. The maximum Gasteiger partial charge on any atom is 0.140 e. The average molecular weight is 261 g/mol. The molecule has 1 aromatic carbocycles. The second-order valence-corrected chi connectivity index (χ2v) is 5.14. The van der Waals surface area contributed by atoms with Gasteiger partial charge in [0.1, 0.15) is 18.0 Å². The molecule has 1 fully saturated rings. The second kappa shape index (κ2) is 4.74. The zero-order chi connectivity index (χ0) is 13.4. The average Bonchev–Trinajstić information content (AvgIpc) is 2.41. The van der Waals surface area contributed by atoms with E-state index in [2.05, 4.69) is 9.97 Å². The van der Waals surface area contributed by atoms with Crippen molar-refractivity contribution in [3.05, 3.63) is 30.3 Å². The van der Waals surface area contributed by atoms with Gasteiger partial charge in [-0.15, -0.1) is 0 Å². The number of aromatic nitrogens is 2. The molecule has 1 N–H and O–H groups in total. The van der Waals surface area contributed by atoms with E-state index < -0.39 is 0 Å². The molecule has 1 aromatic heterocycles. The Hall–Kier alpha value is -1.75.